The Kier molecular flexibility index (Phi) is 5.35. The second-order valence-electron chi connectivity index (χ2n) is 2.94. The van der Waals surface area contributed by atoms with Crippen LogP contribution in [0.1, 0.15) is 5.56 Å². The predicted molar refractivity (Wildman–Crippen MR) is 71.5 cm³/mol. The van der Waals surface area contributed by atoms with Crippen molar-refractivity contribution >= 4 is 39.3 Å². The van der Waals surface area contributed by atoms with Gasteiger partial charge >= 0.3 is 0 Å². The standard InChI is InChI=1S/C12H12O2S2/c1-15-11(13)8-10(12(14)16-2)9-6-4-3-5-7-9/h3-8H,1-2H3/b10-8-. The van der Waals surface area contributed by atoms with Gasteiger partial charge in [0, 0.05) is 11.6 Å². The van der Waals surface area contributed by atoms with Crippen LogP contribution in [0.25, 0.3) is 5.57 Å². The van der Waals surface area contributed by atoms with Gasteiger partial charge in [0.25, 0.3) is 0 Å². The average molecular weight is 252 g/mol. The van der Waals surface area contributed by atoms with E-state index in [1.165, 1.54) is 6.08 Å². The maximum atomic E-state index is 11.7. The van der Waals surface area contributed by atoms with Gasteiger partial charge in [-0.3, -0.25) is 9.59 Å². The smallest absolute Gasteiger partial charge is 0.219 e. The van der Waals surface area contributed by atoms with E-state index in [2.05, 4.69) is 0 Å². The zero-order chi connectivity index (χ0) is 12.0. The molecule has 0 saturated carbocycles. The van der Waals surface area contributed by atoms with Crippen LogP contribution < -0.4 is 0 Å². The molecule has 0 aliphatic carbocycles. The van der Waals surface area contributed by atoms with E-state index < -0.39 is 0 Å². The fourth-order valence-corrected chi connectivity index (χ4v) is 1.80. The molecule has 1 aromatic rings. The summed E-state index contributed by atoms with van der Waals surface area (Å²) in [6, 6.07) is 9.23. The van der Waals surface area contributed by atoms with Crippen LogP contribution in [0.3, 0.4) is 0 Å². The van der Waals surface area contributed by atoms with Gasteiger partial charge < -0.3 is 0 Å². The van der Waals surface area contributed by atoms with Gasteiger partial charge in [-0.1, -0.05) is 53.9 Å². The lowest BCUT2D eigenvalue weighted by Crippen LogP contribution is -1.99. The number of thioether (sulfide) groups is 2. The Hall–Kier alpha value is -1.00. The predicted octanol–water partition coefficient (Wildman–Crippen LogP) is 2.85. The molecule has 84 valence electrons. The summed E-state index contributed by atoms with van der Waals surface area (Å²) in [6.45, 7) is 0. The molecular formula is C12H12O2S2. The first-order valence-corrected chi connectivity index (χ1v) is 7.07. The lowest BCUT2D eigenvalue weighted by molar-refractivity contribution is -0.108. The highest BCUT2D eigenvalue weighted by Crippen LogP contribution is 2.21. The number of benzene rings is 1. The minimum Gasteiger partial charge on any atom is -0.282 e. The Bertz CT molecular complexity index is 410. The molecule has 0 aromatic heterocycles. The van der Waals surface area contributed by atoms with Crippen LogP contribution in [0.4, 0.5) is 0 Å². The Morgan fingerprint density at radius 2 is 1.69 bits per heavy atom. The van der Waals surface area contributed by atoms with Crippen molar-refractivity contribution < 1.29 is 9.59 Å². The van der Waals surface area contributed by atoms with Gasteiger partial charge in [-0.25, -0.2) is 0 Å². The number of hydrogen-bond acceptors (Lipinski definition) is 4. The maximum Gasteiger partial charge on any atom is 0.219 e. The third kappa shape index (κ3) is 3.54. The topological polar surface area (TPSA) is 34.1 Å². The summed E-state index contributed by atoms with van der Waals surface area (Å²) in [4.78, 5) is 23.0. The lowest BCUT2D eigenvalue weighted by Gasteiger charge is -2.03. The molecule has 0 aliphatic rings. The molecular weight excluding hydrogens is 240 g/mol. The quantitative estimate of drug-likeness (QED) is 0.775. The van der Waals surface area contributed by atoms with Gasteiger partial charge in [0.15, 0.2) is 0 Å². The molecule has 0 radical (unpaired) electrons. The minimum absolute atomic E-state index is 0.0893. The molecule has 0 saturated heterocycles. The molecule has 0 amide bonds. The van der Waals surface area contributed by atoms with E-state index in [1.807, 2.05) is 30.3 Å². The van der Waals surface area contributed by atoms with Crippen LogP contribution in [0, 0.1) is 0 Å². The highest BCUT2D eigenvalue weighted by Gasteiger charge is 2.12. The molecule has 0 unspecified atom stereocenters. The van der Waals surface area contributed by atoms with Gasteiger partial charge in [0.2, 0.25) is 10.2 Å². The highest BCUT2D eigenvalue weighted by atomic mass is 32.2. The van der Waals surface area contributed by atoms with Crippen LogP contribution in [0.15, 0.2) is 36.4 Å². The van der Waals surface area contributed by atoms with E-state index >= 15 is 0 Å². The molecule has 0 bridgehead atoms. The summed E-state index contributed by atoms with van der Waals surface area (Å²) in [5.74, 6) is 0. The molecule has 0 fully saturated rings. The first-order valence-electron chi connectivity index (χ1n) is 4.62. The summed E-state index contributed by atoms with van der Waals surface area (Å²) in [6.07, 6.45) is 4.81. The van der Waals surface area contributed by atoms with E-state index in [1.54, 1.807) is 12.5 Å². The van der Waals surface area contributed by atoms with Crippen LogP contribution in [-0.4, -0.2) is 22.7 Å². The molecule has 0 aliphatic heterocycles. The Labute approximate surface area is 104 Å². The van der Waals surface area contributed by atoms with E-state index in [0.717, 1.165) is 29.1 Å². The fraction of sp³-hybridized carbons (Fsp3) is 0.167. The van der Waals surface area contributed by atoms with E-state index in [-0.39, 0.29) is 10.2 Å². The molecule has 4 heteroatoms. The third-order valence-electron chi connectivity index (χ3n) is 1.95. The van der Waals surface area contributed by atoms with Crippen molar-refractivity contribution in [2.75, 3.05) is 12.5 Å². The van der Waals surface area contributed by atoms with E-state index in [0.29, 0.717) is 5.57 Å². The maximum absolute atomic E-state index is 11.7. The molecule has 16 heavy (non-hydrogen) atoms. The van der Waals surface area contributed by atoms with Gasteiger partial charge in [0.05, 0.1) is 0 Å². The van der Waals surface area contributed by atoms with Crippen molar-refractivity contribution in [3.8, 4) is 0 Å². The third-order valence-corrected chi connectivity index (χ3v) is 3.06. The molecule has 0 heterocycles. The summed E-state index contributed by atoms with van der Waals surface area (Å²) in [7, 11) is 0. The van der Waals surface area contributed by atoms with Crippen molar-refractivity contribution in [2.24, 2.45) is 0 Å². The minimum atomic E-state index is -0.110. The molecule has 0 atom stereocenters. The largest absolute Gasteiger partial charge is 0.282 e. The van der Waals surface area contributed by atoms with Crippen LogP contribution in [0.2, 0.25) is 0 Å². The monoisotopic (exact) mass is 252 g/mol. The zero-order valence-corrected chi connectivity index (χ0v) is 10.7. The first-order chi connectivity index (χ1) is 7.69. The number of rotatable bonds is 3. The Morgan fingerprint density at radius 3 is 2.19 bits per heavy atom. The number of hydrogen-bond donors (Lipinski definition) is 0. The highest BCUT2D eigenvalue weighted by molar-refractivity contribution is 8.14. The zero-order valence-electron chi connectivity index (χ0n) is 9.10. The van der Waals surface area contributed by atoms with Gasteiger partial charge in [-0.05, 0) is 18.1 Å². The molecule has 1 rings (SSSR count). The van der Waals surface area contributed by atoms with Crippen LogP contribution in [-0.2, 0) is 9.59 Å². The fourth-order valence-electron chi connectivity index (χ4n) is 1.16. The second kappa shape index (κ2) is 6.55. The number of carbonyl (C=O) groups excluding carboxylic acids is 2. The second-order valence-corrected chi connectivity index (χ2v) is 4.53. The lowest BCUT2D eigenvalue weighted by atomic mass is 10.1. The summed E-state index contributed by atoms with van der Waals surface area (Å²) in [5.41, 5.74) is 1.25. The molecule has 2 nitrogen and oxygen atoms in total. The molecule has 0 N–H and O–H groups in total. The average Bonchev–Trinajstić information content (AvgIpc) is 2.35. The van der Waals surface area contributed by atoms with Gasteiger partial charge in [-0.15, -0.1) is 0 Å². The van der Waals surface area contributed by atoms with Crippen LogP contribution in [0.5, 0.6) is 0 Å². The SMILES string of the molecule is CSC(=O)/C=C(\C(=O)SC)c1ccccc1. The van der Waals surface area contributed by atoms with Crippen molar-refractivity contribution in [2.45, 2.75) is 0 Å². The van der Waals surface area contributed by atoms with E-state index in [4.69, 9.17) is 0 Å². The molecule has 1 aromatic carbocycles. The Balaban J connectivity index is 3.11. The Morgan fingerprint density at radius 1 is 1.06 bits per heavy atom. The summed E-state index contributed by atoms with van der Waals surface area (Å²) < 4.78 is 0. The summed E-state index contributed by atoms with van der Waals surface area (Å²) >= 11 is 2.21. The summed E-state index contributed by atoms with van der Waals surface area (Å²) in [5, 5.41) is -0.199. The van der Waals surface area contributed by atoms with Gasteiger partial charge in [-0.2, -0.15) is 0 Å². The first kappa shape index (κ1) is 13.1. The van der Waals surface area contributed by atoms with Crippen molar-refractivity contribution in [1.29, 1.82) is 0 Å². The normalized spacial score (nSPS) is 11.2. The van der Waals surface area contributed by atoms with Crippen molar-refractivity contribution in [1.82, 2.24) is 0 Å². The van der Waals surface area contributed by atoms with E-state index in [9.17, 15) is 9.59 Å². The van der Waals surface area contributed by atoms with Crippen molar-refractivity contribution in [3.63, 3.8) is 0 Å². The molecule has 0 spiro atoms. The van der Waals surface area contributed by atoms with Crippen LogP contribution >= 0.6 is 23.5 Å². The number of carbonyl (C=O) groups is 2. The van der Waals surface area contributed by atoms with Gasteiger partial charge in [0.1, 0.15) is 0 Å². The van der Waals surface area contributed by atoms with Crippen molar-refractivity contribution in [3.05, 3.63) is 42.0 Å².